The zero-order valence-electron chi connectivity index (χ0n) is 14.3. The molecular formula is C18H12F2N6OS. The van der Waals surface area contributed by atoms with Gasteiger partial charge in [0, 0.05) is 24.7 Å². The highest BCUT2D eigenvalue weighted by Gasteiger charge is 2.26. The van der Waals surface area contributed by atoms with Crippen molar-refractivity contribution in [3.8, 4) is 10.8 Å². The van der Waals surface area contributed by atoms with Gasteiger partial charge in [0.05, 0.1) is 17.4 Å². The lowest BCUT2D eigenvalue weighted by molar-refractivity contribution is 0.0708. The highest BCUT2D eigenvalue weighted by Crippen LogP contribution is 2.30. The van der Waals surface area contributed by atoms with Crippen molar-refractivity contribution in [2.75, 3.05) is 6.54 Å². The molecule has 0 fully saturated rings. The van der Waals surface area contributed by atoms with Crippen molar-refractivity contribution < 1.29 is 13.6 Å². The van der Waals surface area contributed by atoms with Crippen molar-refractivity contribution >= 4 is 27.5 Å². The molecule has 0 saturated heterocycles. The number of aromatic nitrogens is 5. The number of hydrogen-bond acceptors (Lipinski definition) is 6. The highest BCUT2D eigenvalue weighted by molar-refractivity contribution is 7.21. The maximum atomic E-state index is 13.3. The van der Waals surface area contributed by atoms with Gasteiger partial charge < -0.3 is 9.47 Å². The van der Waals surface area contributed by atoms with Crippen LogP contribution in [0.2, 0.25) is 0 Å². The third kappa shape index (κ3) is 2.82. The summed E-state index contributed by atoms with van der Waals surface area (Å²) >= 11 is 1.32. The summed E-state index contributed by atoms with van der Waals surface area (Å²) < 4.78 is 29.0. The Morgan fingerprint density at radius 1 is 1.11 bits per heavy atom. The summed E-state index contributed by atoms with van der Waals surface area (Å²) in [6, 6.07) is 6.81. The van der Waals surface area contributed by atoms with Crippen LogP contribution >= 0.6 is 11.3 Å². The van der Waals surface area contributed by atoms with Crippen LogP contribution in [0, 0.1) is 11.8 Å². The summed E-state index contributed by atoms with van der Waals surface area (Å²) in [6.45, 7) is 1.27. The van der Waals surface area contributed by atoms with Gasteiger partial charge in [0.2, 0.25) is 5.95 Å². The van der Waals surface area contributed by atoms with E-state index >= 15 is 0 Å². The fourth-order valence-corrected chi connectivity index (χ4v) is 4.12. The Bertz CT molecular complexity index is 1200. The molecule has 3 aromatic heterocycles. The van der Waals surface area contributed by atoms with Gasteiger partial charge in [-0.15, -0.1) is 21.5 Å². The molecule has 0 bridgehead atoms. The van der Waals surface area contributed by atoms with Gasteiger partial charge in [-0.25, -0.2) is 14.4 Å². The van der Waals surface area contributed by atoms with E-state index in [0.717, 1.165) is 0 Å². The smallest absolute Gasteiger partial charge is 0.254 e. The first kappa shape index (κ1) is 16.9. The number of carbonyl (C=O) groups is 1. The maximum absolute atomic E-state index is 13.3. The first-order valence-corrected chi connectivity index (χ1v) is 9.29. The minimum absolute atomic E-state index is 0.183. The number of rotatable bonds is 2. The van der Waals surface area contributed by atoms with Crippen LogP contribution in [0.1, 0.15) is 16.2 Å². The third-order valence-corrected chi connectivity index (χ3v) is 5.58. The maximum Gasteiger partial charge on any atom is 0.254 e. The van der Waals surface area contributed by atoms with Crippen molar-refractivity contribution in [2.45, 2.75) is 13.1 Å². The van der Waals surface area contributed by atoms with E-state index in [1.807, 2.05) is 4.57 Å². The molecule has 0 saturated carbocycles. The standard InChI is InChI=1S/C18H12F2N6OS/c19-11-3-1-10(2-4-11)18(27)25-5-6-26-15(9-25)23-24-16(26)17-22-12-8-21-14(20)7-13(12)28-17/h1-4,7-8H,5-6,9H2. The first-order valence-electron chi connectivity index (χ1n) is 8.48. The lowest BCUT2D eigenvalue weighted by Gasteiger charge is -2.27. The van der Waals surface area contributed by atoms with Crippen molar-refractivity contribution in [3.63, 3.8) is 0 Å². The van der Waals surface area contributed by atoms with Gasteiger partial charge in [-0.1, -0.05) is 0 Å². The zero-order chi connectivity index (χ0) is 19.3. The molecule has 0 unspecified atom stereocenters. The van der Waals surface area contributed by atoms with Gasteiger partial charge >= 0.3 is 0 Å². The molecule has 0 radical (unpaired) electrons. The molecule has 10 heteroatoms. The number of nitrogens with zero attached hydrogens (tertiary/aromatic N) is 6. The Balaban J connectivity index is 1.43. The first-order chi connectivity index (χ1) is 13.6. The number of thiazole rings is 1. The Morgan fingerprint density at radius 2 is 1.93 bits per heavy atom. The topological polar surface area (TPSA) is 76.8 Å². The van der Waals surface area contributed by atoms with Crippen LogP contribution in [0.3, 0.4) is 0 Å². The molecule has 5 rings (SSSR count). The Morgan fingerprint density at radius 3 is 2.75 bits per heavy atom. The van der Waals surface area contributed by atoms with Crippen molar-refractivity contribution in [1.29, 1.82) is 0 Å². The summed E-state index contributed by atoms with van der Waals surface area (Å²) in [7, 11) is 0. The van der Waals surface area contributed by atoms with E-state index in [4.69, 9.17) is 0 Å². The quantitative estimate of drug-likeness (QED) is 0.485. The van der Waals surface area contributed by atoms with Gasteiger partial charge in [-0.2, -0.15) is 4.39 Å². The minimum Gasteiger partial charge on any atom is -0.329 e. The van der Waals surface area contributed by atoms with Crippen LogP contribution in [0.25, 0.3) is 21.0 Å². The van der Waals surface area contributed by atoms with Crippen molar-refractivity contribution in [1.82, 2.24) is 29.6 Å². The van der Waals surface area contributed by atoms with E-state index in [2.05, 4.69) is 20.2 Å². The monoisotopic (exact) mass is 398 g/mol. The van der Waals surface area contributed by atoms with E-state index in [1.165, 1.54) is 47.9 Å². The van der Waals surface area contributed by atoms with Crippen LogP contribution in [0.4, 0.5) is 8.78 Å². The minimum atomic E-state index is -0.555. The molecule has 1 aromatic carbocycles. The number of fused-ring (bicyclic) bond motifs is 2. The Hall–Kier alpha value is -3.27. The highest BCUT2D eigenvalue weighted by atomic mass is 32.1. The number of amides is 1. The van der Waals surface area contributed by atoms with Crippen LogP contribution in [-0.2, 0) is 13.1 Å². The molecular weight excluding hydrogens is 386 g/mol. The average Bonchev–Trinajstić information content (AvgIpc) is 3.30. The van der Waals surface area contributed by atoms with E-state index in [1.54, 1.807) is 4.90 Å². The molecule has 1 aliphatic heterocycles. The fourth-order valence-electron chi connectivity index (χ4n) is 3.17. The summed E-state index contributed by atoms with van der Waals surface area (Å²) in [6.07, 6.45) is 1.39. The van der Waals surface area contributed by atoms with Gasteiger partial charge in [-0.3, -0.25) is 4.79 Å². The van der Waals surface area contributed by atoms with Gasteiger partial charge in [-0.05, 0) is 24.3 Å². The van der Waals surface area contributed by atoms with Crippen LogP contribution in [-0.4, -0.2) is 42.1 Å². The molecule has 28 heavy (non-hydrogen) atoms. The van der Waals surface area contributed by atoms with E-state index in [9.17, 15) is 13.6 Å². The second-order valence-corrected chi connectivity index (χ2v) is 7.35. The number of pyridine rings is 1. The van der Waals surface area contributed by atoms with Gasteiger partial charge in [0.15, 0.2) is 16.7 Å². The second-order valence-electron chi connectivity index (χ2n) is 6.32. The van der Waals surface area contributed by atoms with Crippen molar-refractivity contribution in [3.05, 3.63) is 59.7 Å². The fraction of sp³-hybridized carbons (Fsp3) is 0.167. The van der Waals surface area contributed by atoms with E-state index in [-0.39, 0.29) is 11.7 Å². The Labute approximate surface area is 161 Å². The largest absolute Gasteiger partial charge is 0.329 e. The van der Waals surface area contributed by atoms with Crippen LogP contribution in [0.15, 0.2) is 36.5 Å². The Kier molecular flexibility index (Phi) is 3.86. The molecule has 0 atom stereocenters. The molecule has 4 aromatic rings. The molecule has 1 amide bonds. The predicted molar refractivity (Wildman–Crippen MR) is 97.5 cm³/mol. The summed E-state index contributed by atoms with van der Waals surface area (Å²) in [5.74, 6) is 0.106. The number of benzene rings is 1. The number of hydrogen-bond donors (Lipinski definition) is 0. The second kappa shape index (κ2) is 6.41. The molecule has 1 aliphatic rings. The number of carbonyl (C=O) groups excluding carboxylic acids is 1. The van der Waals surface area contributed by atoms with Crippen LogP contribution < -0.4 is 0 Å². The molecule has 0 aliphatic carbocycles. The molecule has 7 nitrogen and oxygen atoms in total. The predicted octanol–water partition coefficient (Wildman–Crippen LogP) is 2.88. The third-order valence-electron chi connectivity index (χ3n) is 4.56. The van der Waals surface area contributed by atoms with Gasteiger partial charge in [0.25, 0.3) is 5.91 Å². The molecule has 140 valence electrons. The lowest BCUT2D eigenvalue weighted by atomic mass is 10.2. The van der Waals surface area contributed by atoms with Crippen molar-refractivity contribution in [2.24, 2.45) is 0 Å². The van der Waals surface area contributed by atoms with Gasteiger partial charge in [0.1, 0.15) is 11.3 Å². The summed E-state index contributed by atoms with van der Waals surface area (Å²) in [5.41, 5.74) is 1.03. The lowest BCUT2D eigenvalue weighted by Crippen LogP contribution is -2.38. The SMILES string of the molecule is O=C(c1ccc(F)cc1)N1CCn2c(nnc2-c2nc3cnc(F)cc3s2)C1. The van der Waals surface area contributed by atoms with E-state index in [0.29, 0.717) is 52.1 Å². The molecule has 0 spiro atoms. The summed E-state index contributed by atoms with van der Waals surface area (Å²) in [5, 5.41) is 9.04. The van der Waals surface area contributed by atoms with Crippen LogP contribution in [0.5, 0.6) is 0 Å². The zero-order valence-corrected chi connectivity index (χ0v) is 15.2. The average molecular weight is 398 g/mol. The molecule has 4 heterocycles. The normalized spacial score (nSPS) is 13.7. The number of halogens is 2. The molecule has 0 N–H and O–H groups in total. The van der Waals surface area contributed by atoms with E-state index < -0.39 is 5.95 Å². The summed E-state index contributed by atoms with van der Waals surface area (Å²) in [4.78, 5) is 22.4.